The van der Waals surface area contributed by atoms with Gasteiger partial charge in [-0.05, 0) is 31.2 Å². The van der Waals surface area contributed by atoms with E-state index in [1.54, 1.807) is 0 Å². The zero-order valence-corrected chi connectivity index (χ0v) is 17.0. The lowest BCUT2D eigenvalue weighted by Gasteiger charge is -2.28. The summed E-state index contributed by atoms with van der Waals surface area (Å²) in [5.74, 6) is 0.611. The van der Waals surface area contributed by atoms with E-state index in [1.807, 2.05) is 61.5 Å². The lowest BCUT2D eigenvalue weighted by atomic mass is 10.2. The molecule has 8 heteroatoms. The molecule has 2 heterocycles. The van der Waals surface area contributed by atoms with Crippen LogP contribution in [-0.4, -0.2) is 52.6 Å². The normalized spacial score (nSPS) is 15.1. The zero-order valence-electron chi connectivity index (χ0n) is 16.2. The summed E-state index contributed by atoms with van der Waals surface area (Å²) in [5.41, 5.74) is 2.88. The standard InChI is InChI=1S/C21H23N5O2S/c1-15(29-21-23-19(24-25-21)16-5-3-2-4-6-16)20(27)22-17-7-9-18(10-8-17)26-11-13-28-14-12-26/h2-10,15H,11-14H2,1H3,(H,22,27)(H,23,24,25)/t15-/m0/s1. The number of morpholine rings is 1. The summed E-state index contributed by atoms with van der Waals surface area (Å²) >= 11 is 1.32. The maximum absolute atomic E-state index is 12.6. The highest BCUT2D eigenvalue weighted by Gasteiger charge is 2.18. The number of benzene rings is 2. The number of carbonyl (C=O) groups excluding carboxylic acids is 1. The predicted molar refractivity (Wildman–Crippen MR) is 115 cm³/mol. The van der Waals surface area contributed by atoms with Crippen molar-refractivity contribution in [3.8, 4) is 11.4 Å². The van der Waals surface area contributed by atoms with Gasteiger partial charge in [-0.3, -0.25) is 9.89 Å². The first-order chi connectivity index (χ1) is 14.2. The van der Waals surface area contributed by atoms with Crippen LogP contribution in [0.5, 0.6) is 0 Å². The molecule has 1 saturated heterocycles. The number of aromatic amines is 1. The van der Waals surface area contributed by atoms with Crippen LogP contribution < -0.4 is 10.2 Å². The highest BCUT2D eigenvalue weighted by molar-refractivity contribution is 8.00. The number of amides is 1. The Balaban J connectivity index is 1.33. The summed E-state index contributed by atoms with van der Waals surface area (Å²) in [6, 6.07) is 17.7. The van der Waals surface area contributed by atoms with Gasteiger partial charge in [0.05, 0.1) is 18.5 Å². The molecule has 2 aromatic carbocycles. The molecule has 0 aliphatic carbocycles. The molecule has 1 fully saturated rings. The van der Waals surface area contributed by atoms with Crippen molar-refractivity contribution in [3.63, 3.8) is 0 Å². The second kappa shape index (κ2) is 9.11. The van der Waals surface area contributed by atoms with E-state index in [0.29, 0.717) is 11.0 Å². The molecule has 2 N–H and O–H groups in total. The summed E-state index contributed by atoms with van der Waals surface area (Å²) in [4.78, 5) is 19.3. The van der Waals surface area contributed by atoms with E-state index in [9.17, 15) is 4.79 Å². The molecule has 0 saturated carbocycles. The SMILES string of the molecule is C[C@H](Sc1n[nH]c(-c2ccccc2)n1)C(=O)Nc1ccc(N2CCOCC2)cc1. The summed E-state index contributed by atoms with van der Waals surface area (Å²) in [6.45, 7) is 5.13. The summed E-state index contributed by atoms with van der Waals surface area (Å²) in [5, 5.41) is 10.3. The predicted octanol–water partition coefficient (Wildman–Crippen LogP) is 3.43. The molecule has 3 aromatic rings. The number of carbonyl (C=O) groups is 1. The van der Waals surface area contributed by atoms with Crippen LogP contribution in [0.1, 0.15) is 6.92 Å². The van der Waals surface area contributed by atoms with Gasteiger partial charge in [0.2, 0.25) is 11.1 Å². The molecule has 0 spiro atoms. The molecule has 29 heavy (non-hydrogen) atoms. The Hall–Kier alpha value is -2.84. The number of hydrogen-bond donors (Lipinski definition) is 2. The number of nitrogens with one attached hydrogen (secondary N) is 2. The summed E-state index contributed by atoms with van der Waals surface area (Å²) < 4.78 is 5.39. The van der Waals surface area contributed by atoms with Crippen molar-refractivity contribution in [2.75, 3.05) is 36.5 Å². The first kappa shape index (κ1) is 19.5. The fourth-order valence-electron chi connectivity index (χ4n) is 3.06. The Morgan fingerprint density at radius 2 is 1.86 bits per heavy atom. The molecular weight excluding hydrogens is 386 g/mol. The highest BCUT2D eigenvalue weighted by Crippen LogP contribution is 2.24. The molecule has 0 bridgehead atoms. The molecule has 0 unspecified atom stereocenters. The Morgan fingerprint density at radius 1 is 1.14 bits per heavy atom. The molecule has 4 rings (SSSR count). The van der Waals surface area contributed by atoms with Crippen molar-refractivity contribution < 1.29 is 9.53 Å². The zero-order chi connectivity index (χ0) is 20.1. The fraction of sp³-hybridized carbons (Fsp3) is 0.286. The van der Waals surface area contributed by atoms with Crippen molar-refractivity contribution in [3.05, 3.63) is 54.6 Å². The quantitative estimate of drug-likeness (QED) is 0.607. The Morgan fingerprint density at radius 3 is 2.59 bits per heavy atom. The number of rotatable bonds is 6. The van der Waals surface area contributed by atoms with Crippen molar-refractivity contribution >= 4 is 29.0 Å². The molecule has 1 amide bonds. The minimum absolute atomic E-state index is 0.0832. The molecule has 1 aliphatic heterocycles. The molecule has 0 radical (unpaired) electrons. The Kier molecular flexibility index (Phi) is 6.12. The van der Waals surface area contributed by atoms with Crippen LogP contribution in [0.15, 0.2) is 59.8 Å². The monoisotopic (exact) mass is 409 g/mol. The average Bonchev–Trinajstić information content (AvgIpc) is 3.24. The highest BCUT2D eigenvalue weighted by atomic mass is 32.2. The maximum Gasteiger partial charge on any atom is 0.237 e. The lowest BCUT2D eigenvalue weighted by molar-refractivity contribution is -0.115. The second-order valence-corrected chi connectivity index (χ2v) is 8.04. The topological polar surface area (TPSA) is 83.1 Å². The molecule has 1 aromatic heterocycles. The maximum atomic E-state index is 12.6. The van der Waals surface area contributed by atoms with Crippen LogP contribution in [0.3, 0.4) is 0 Å². The van der Waals surface area contributed by atoms with Gasteiger partial charge in [0.25, 0.3) is 0 Å². The van der Waals surface area contributed by atoms with Crippen molar-refractivity contribution in [1.29, 1.82) is 0 Å². The largest absolute Gasteiger partial charge is 0.378 e. The number of aromatic nitrogens is 3. The van der Waals surface area contributed by atoms with Gasteiger partial charge in [-0.2, -0.15) is 0 Å². The second-order valence-electron chi connectivity index (χ2n) is 6.73. The Bertz CT molecular complexity index is 939. The molecule has 1 aliphatic rings. The van der Waals surface area contributed by atoms with Crippen molar-refractivity contribution in [1.82, 2.24) is 15.2 Å². The number of ether oxygens (including phenoxy) is 1. The third-order valence-electron chi connectivity index (χ3n) is 4.67. The third-order valence-corrected chi connectivity index (χ3v) is 5.64. The number of nitrogens with zero attached hydrogens (tertiary/aromatic N) is 3. The van der Waals surface area contributed by atoms with Gasteiger partial charge in [0, 0.05) is 30.0 Å². The van der Waals surface area contributed by atoms with Gasteiger partial charge in [0.15, 0.2) is 5.82 Å². The number of H-pyrrole nitrogens is 1. The van der Waals surface area contributed by atoms with E-state index in [-0.39, 0.29) is 11.2 Å². The first-order valence-corrected chi connectivity index (χ1v) is 10.4. The molecule has 1 atom stereocenters. The van der Waals surface area contributed by atoms with E-state index >= 15 is 0 Å². The fourth-order valence-corrected chi connectivity index (χ4v) is 3.78. The van der Waals surface area contributed by atoms with Gasteiger partial charge in [-0.25, -0.2) is 4.98 Å². The van der Waals surface area contributed by atoms with Gasteiger partial charge in [-0.15, -0.1) is 5.10 Å². The number of hydrogen-bond acceptors (Lipinski definition) is 6. The first-order valence-electron chi connectivity index (χ1n) is 9.57. The van der Waals surface area contributed by atoms with Crippen molar-refractivity contribution in [2.24, 2.45) is 0 Å². The van der Waals surface area contributed by atoms with Gasteiger partial charge in [-0.1, -0.05) is 42.1 Å². The minimum Gasteiger partial charge on any atom is -0.378 e. The molecule has 7 nitrogen and oxygen atoms in total. The van der Waals surface area contributed by atoms with E-state index in [4.69, 9.17) is 4.74 Å². The number of thioether (sulfide) groups is 1. The van der Waals surface area contributed by atoms with Crippen LogP contribution in [0.2, 0.25) is 0 Å². The average molecular weight is 410 g/mol. The molecular formula is C21H23N5O2S. The third kappa shape index (κ3) is 4.96. The van der Waals surface area contributed by atoms with Gasteiger partial charge in [0.1, 0.15) is 0 Å². The number of anilines is 2. The smallest absolute Gasteiger partial charge is 0.237 e. The van der Waals surface area contributed by atoms with E-state index in [2.05, 4.69) is 25.4 Å². The van der Waals surface area contributed by atoms with Crippen LogP contribution in [-0.2, 0) is 9.53 Å². The molecule has 150 valence electrons. The van der Waals surface area contributed by atoms with E-state index in [0.717, 1.165) is 43.2 Å². The lowest BCUT2D eigenvalue weighted by Crippen LogP contribution is -2.36. The van der Waals surface area contributed by atoms with Crippen molar-refractivity contribution in [2.45, 2.75) is 17.3 Å². The minimum atomic E-state index is -0.326. The summed E-state index contributed by atoms with van der Waals surface area (Å²) in [7, 11) is 0. The van der Waals surface area contributed by atoms with Crippen LogP contribution in [0, 0.1) is 0 Å². The van der Waals surface area contributed by atoms with Crippen LogP contribution in [0.25, 0.3) is 11.4 Å². The van der Waals surface area contributed by atoms with Crippen LogP contribution in [0.4, 0.5) is 11.4 Å². The Labute approximate surface area is 173 Å². The van der Waals surface area contributed by atoms with E-state index < -0.39 is 0 Å². The van der Waals surface area contributed by atoms with Gasteiger partial charge >= 0.3 is 0 Å². The van der Waals surface area contributed by atoms with Gasteiger partial charge < -0.3 is 15.0 Å². The van der Waals surface area contributed by atoms with Crippen LogP contribution >= 0.6 is 11.8 Å². The van der Waals surface area contributed by atoms with E-state index in [1.165, 1.54) is 11.8 Å². The summed E-state index contributed by atoms with van der Waals surface area (Å²) in [6.07, 6.45) is 0.